The van der Waals surface area contributed by atoms with E-state index in [2.05, 4.69) is 5.32 Å². The first-order valence-electron chi connectivity index (χ1n) is 11.6. The molecule has 1 heterocycles. The molecular weight excluding hydrogens is 494 g/mol. The molecule has 0 aliphatic carbocycles. The number of carbonyl (C=O) groups is 2. The number of halogens is 1. The largest absolute Gasteiger partial charge is 0.466 e. The Labute approximate surface area is 219 Å². The summed E-state index contributed by atoms with van der Waals surface area (Å²) in [6.45, 7) is 2.68. The number of hydrogen-bond acceptors (Lipinski definition) is 5. The number of rotatable bonds is 10. The third kappa shape index (κ3) is 6.97. The van der Waals surface area contributed by atoms with Crippen LogP contribution in [0.3, 0.4) is 0 Å². The van der Waals surface area contributed by atoms with Gasteiger partial charge in [-0.3, -0.25) is 9.59 Å². The van der Waals surface area contributed by atoms with Gasteiger partial charge < -0.3 is 14.8 Å². The van der Waals surface area contributed by atoms with Gasteiger partial charge >= 0.3 is 5.97 Å². The number of hydrogen-bond donors (Lipinski definition) is 1. The maximum Gasteiger partial charge on any atom is 0.310 e. The summed E-state index contributed by atoms with van der Waals surface area (Å²) in [5.41, 5.74) is 3.42. The van der Waals surface area contributed by atoms with Crippen molar-refractivity contribution in [3.05, 3.63) is 106 Å². The van der Waals surface area contributed by atoms with Crippen LogP contribution in [-0.2, 0) is 22.4 Å². The highest BCUT2D eigenvalue weighted by atomic mass is 35.5. The van der Waals surface area contributed by atoms with Crippen LogP contribution < -0.4 is 10.1 Å². The Morgan fingerprint density at radius 2 is 1.69 bits per heavy atom. The fourth-order valence-electron chi connectivity index (χ4n) is 3.65. The SMILES string of the molecule is CCOC(=O)Cc1ccc(Oc2ccc(C(=O)NCCc3ccc(Cl)cc3)cc2)c(-c2cccs2)c1. The first kappa shape index (κ1) is 25.5. The van der Waals surface area contributed by atoms with Gasteiger partial charge in [-0.05, 0) is 84.4 Å². The average molecular weight is 520 g/mol. The van der Waals surface area contributed by atoms with Crippen LogP contribution in [-0.4, -0.2) is 25.0 Å². The van der Waals surface area contributed by atoms with Crippen LogP contribution in [0, 0.1) is 0 Å². The summed E-state index contributed by atoms with van der Waals surface area (Å²) >= 11 is 7.51. The van der Waals surface area contributed by atoms with E-state index in [1.807, 2.05) is 60.0 Å². The van der Waals surface area contributed by atoms with Crippen LogP contribution in [0.4, 0.5) is 0 Å². The molecule has 1 N–H and O–H groups in total. The molecule has 4 aromatic rings. The molecule has 1 aromatic heterocycles. The van der Waals surface area contributed by atoms with E-state index in [-0.39, 0.29) is 18.3 Å². The maximum atomic E-state index is 12.5. The topological polar surface area (TPSA) is 64.6 Å². The Morgan fingerprint density at radius 3 is 2.39 bits per heavy atom. The van der Waals surface area contributed by atoms with Crippen molar-refractivity contribution in [2.24, 2.45) is 0 Å². The van der Waals surface area contributed by atoms with E-state index in [1.165, 1.54) is 0 Å². The van der Waals surface area contributed by atoms with Crippen molar-refractivity contribution < 1.29 is 19.1 Å². The van der Waals surface area contributed by atoms with E-state index in [0.29, 0.717) is 35.2 Å². The fourth-order valence-corrected chi connectivity index (χ4v) is 4.53. The average Bonchev–Trinajstić information content (AvgIpc) is 3.42. The Balaban J connectivity index is 1.41. The van der Waals surface area contributed by atoms with E-state index in [4.69, 9.17) is 21.1 Å². The van der Waals surface area contributed by atoms with Crippen LogP contribution in [0.5, 0.6) is 11.5 Å². The predicted molar refractivity (Wildman–Crippen MR) is 144 cm³/mol. The minimum Gasteiger partial charge on any atom is -0.466 e. The van der Waals surface area contributed by atoms with Gasteiger partial charge in [0.1, 0.15) is 11.5 Å². The zero-order valence-electron chi connectivity index (χ0n) is 19.8. The first-order valence-corrected chi connectivity index (χ1v) is 12.9. The number of thiophene rings is 1. The second-order valence-electron chi connectivity index (χ2n) is 8.05. The van der Waals surface area contributed by atoms with Gasteiger partial charge in [0.25, 0.3) is 5.91 Å². The Bertz CT molecular complexity index is 1300. The van der Waals surface area contributed by atoms with Crippen molar-refractivity contribution in [3.63, 3.8) is 0 Å². The second-order valence-corrected chi connectivity index (χ2v) is 9.43. The van der Waals surface area contributed by atoms with E-state index in [9.17, 15) is 9.59 Å². The lowest BCUT2D eigenvalue weighted by atomic mass is 10.1. The van der Waals surface area contributed by atoms with Crippen molar-refractivity contribution in [1.82, 2.24) is 5.32 Å². The second kappa shape index (κ2) is 12.4. The summed E-state index contributed by atoms with van der Waals surface area (Å²) in [6, 6.07) is 24.3. The van der Waals surface area contributed by atoms with Crippen LogP contribution in [0.15, 0.2) is 84.2 Å². The molecule has 0 aliphatic heterocycles. The summed E-state index contributed by atoms with van der Waals surface area (Å²) in [4.78, 5) is 25.5. The smallest absolute Gasteiger partial charge is 0.310 e. The van der Waals surface area contributed by atoms with E-state index in [1.54, 1.807) is 42.5 Å². The number of ether oxygens (including phenoxy) is 2. The summed E-state index contributed by atoms with van der Waals surface area (Å²) in [5, 5.41) is 5.63. The fraction of sp³-hybridized carbons (Fsp3) is 0.172. The first-order chi connectivity index (χ1) is 17.5. The van der Waals surface area contributed by atoms with Crippen LogP contribution in [0.2, 0.25) is 5.02 Å². The Hall–Kier alpha value is -3.61. The molecule has 5 nitrogen and oxygen atoms in total. The highest BCUT2D eigenvalue weighted by Crippen LogP contribution is 2.37. The van der Waals surface area contributed by atoms with Gasteiger partial charge in [0.2, 0.25) is 0 Å². The van der Waals surface area contributed by atoms with Crippen LogP contribution >= 0.6 is 22.9 Å². The zero-order valence-corrected chi connectivity index (χ0v) is 21.4. The quantitative estimate of drug-likeness (QED) is 0.230. The molecule has 0 unspecified atom stereocenters. The number of benzene rings is 3. The van der Waals surface area contributed by atoms with Gasteiger partial charge in [-0.25, -0.2) is 0 Å². The number of esters is 1. The van der Waals surface area contributed by atoms with E-state index < -0.39 is 0 Å². The zero-order chi connectivity index (χ0) is 25.3. The molecule has 0 fully saturated rings. The lowest BCUT2D eigenvalue weighted by molar-refractivity contribution is -0.142. The maximum absolute atomic E-state index is 12.5. The molecule has 0 saturated heterocycles. The van der Waals surface area contributed by atoms with Gasteiger partial charge in [0.05, 0.1) is 13.0 Å². The third-order valence-electron chi connectivity index (χ3n) is 5.44. The summed E-state index contributed by atoms with van der Waals surface area (Å²) < 4.78 is 11.3. The lowest BCUT2D eigenvalue weighted by Gasteiger charge is -2.13. The molecule has 0 saturated carbocycles. The highest BCUT2D eigenvalue weighted by Gasteiger charge is 2.13. The molecule has 3 aromatic carbocycles. The highest BCUT2D eigenvalue weighted by molar-refractivity contribution is 7.13. The van der Waals surface area contributed by atoms with Gasteiger partial charge in [-0.1, -0.05) is 35.9 Å². The molecule has 4 rings (SSSR count). The van der Waals surface area contributed by atoms with Crippen molar-refractivity contribution in [1.29, 1.82) is 0 Å². The molecule has 0 spiro atoms. The molecule has 0 atom stereocenters. The normalized spacial score (nSPS) is 10.6. The van der Waals surface area contributed by atoms with Crippen molar-refractivity contribution in [2.45, 2.75) is 19.8 Å². The van der Waals surface area contributed by atoms with Crippen LogP contribution in [0.1, 0.15) is 28.4 Å². The number of amides is 1. The predicted octanol–water partition coefficient (Wildman–Crippen LogP) is 6.94. The van der Waals surface area contributed by atoms with Gasteiger partial charge in [0, 0.05) is 27.6 Å². The molecule has 36 heavy (non-hydrogen) atoms. The van der Waals surface area contributed by atoms with Crippen LogP contribution in [0.25, 0.3) is 10.4 Å². The van der Waals surface area contributed by atoms with Gasteiger partial charge in [-0.2, -0.15) is 0 Å². The summed E-state index contributed by atoms with van der Waals surface area (Å²) in [5.74, 6) is 0.886. The molecule has 7 heteroatoms. The monoisotopic (exact) mass is 519 g/mol. The molecule has 184 valence electrons. The van der Waals surface area contributed by atoms with Crippen molar-refractivity contribution >= 4 is 34.8 Å². The summed E-state index contributed by atoms with van der Waals surface area (Å²) in [6.07, 6.45) is 0.927. The van der Waals surface area contributed by atoms with E-state index >= 15 is 0 Å². The molecular formula is C29H26ClNO4S. The number of carbonyl (C=O) groups excluding carboxylic acids is 2. The Morgan fingerprint density at radius 1 is 0.944 bits per heavy atom. The molecule has 0 aliphatic rings. The molecule has 0 radical (unpaired) electrons. The van der Waals surface area contributed by atoms with Gasteiger partial charge in [0.15, 0.2) is 0 Å². The van der Waals surface area contributed by atoms with Gasteiger partial charge in [-0.15, -0.1) is 11.3 Å². The minimum absolute atomic E-state index is 0.141. The van der Waals surface area contributed by atoms with Crippen molar-refractivity contribution in [3.8, 4) is 21.9 Å². The third-order valence-corrected chi connectivity index (χ3v) is 6.60. The lowest BCUT2D eigenvalue weighted by Crippen LogP contribution is -2.25. The molecule has 1 amide bonds. The standard InChI is InChI=1S/C29H26ClNO4S/c1-2-34-28(32)19-21-7-14-26(25(18-21)27-4-3-17-36-27)35-24-12-8-22(9-13-24)29(33)31-16-15-20-5-10-23(30)11-6-20/h3-14,17-18H,2,15-16,19H2,1H3,(H,31,33). The van der Waals surface area contributed by atoms with E-state index in [0.717, 1.165) is 28.0 Å². The molecule has 0 bridgehead atoms. The number of nitrogens with one attached hydrogen (secondary N) is 1. The minimum atomic E-state index is -0.259. The Kier molecular flexibility index (Phi) is 8.76. The summed E-state index contributed by atoms with van der Waals surface area (Å²) in [7, 11) is 0. The van der Waals surface area contributed by atoms with Crippen molar-refractivity contribution in [2.75, 3.05) is 13.2 Å².